The van der Waals surface area contributed by atoms with Gasteiger partial charge in [-0.3, -0.25) is 0 Å². The van der Waals surface area contributed by atoms with Crippen LogP contribution in [0.5, 0.6) is 5.75 Å². The smallest absolute Gasteiger partial charge is 0.211 e. The lowest BCUT2D eigenvalue weighted by Crippen LogP contribution is -2.01. The van der Waals surface area contributed by atoms with Crippen LogP contribution in [0.2, 0.25) is 5.02 Å². The van der Waals surface area contributed by atoms with Crippen LogP contribution in [0.1, 0.15) is 0 Å². The van der Waals surface area contributed by atoms with E-state index in [1.54, 1.807) is 18.2 Å². The first-order valence-electron chi connectivity index (χ1n) is 4.29. The Kier molecular flexibility index (Phi) is 2.76. The van der Waals surface area contributed by atoms with Gasteiger partial charge in [-0.25, -0.2) is 0 Å². The van der Waals surface area contributed by atoms with E-state index in [1.807, 2.05) is 0 Å². The van der Waals surface area contributed by atoms with E-state index in [0.717, 1.165) is 0 Å². The minimum atomic E-state index is -0.101. The summed E-state index contributed by atoms with van der Waals surface area (Å²) in [6, 6.07) is 5.03. The molecule has 1 aromatic carbocycles. The predicted molar refractivity (Wildman–Crippen MR) is 66.3 cm³/mol. The van der Waals surface area contributed by atoms with E-state index in [2.05, 4.69) is 27.4 Å². The van der Waals surface area contributed by atoms with Gasteiger partial charge in [0, 0.05) is 10.4 Å². The van der Waals surface area contributed by atoms with E-state index in [0.29, 0.717) is 15.9 Å². The standard InChI is InChI=1S/C9H7ClN4OS/c10-4-1-2-5-6(3-4)12-8(7(5)15)13-14-9(11)16/h1-3,12,15H,(H2,11,16)/b14-13+. The molecule has 0 saturated carbocycles. The Morgan fingerprint density at radius 1 is 1.50 bits per heavy atom. The maximum absolute atomic E-state index is 9.78. The molecule has 0 aliphatic heterocycles. The summed E-state index contributed by atoms with van der Waals surface area (Å²) in [6.07, 6.45) is 0. The zero-order chi connectivity index (χ0) is 11.7. The molecule has 0 fully saturated rings. The molecule has 7 heteroatoms. The first-order valence-corrected chi connectivity index (χ1v) is 5.08. The van der Waals surface area contributed by atoms with E-state index in [9.17, 15) is 5.11 Å². The summed E-state index contributed by atoms with van der Waals surface area (Å²) in [5.74, 6) is 0.191. The third kappa shape index (κ3) is 1.98. The number of fused-ring (bicyclic) bond motifs is 1. The van der Waals surface area contributed by atoms with Crippen molar-refractivity contribution in [3.8, 4) is 5.75 Å². The first kappa shape index (κ1) is 10.8. The van der Waals surface area contributed by atoms with Crippen LogP contribution in [0.4, 0.5) is 5.82 Å². The number of benzene rings is 1. The maximum atomic E-state index is 9.78. The summed E-state index contributed by atoms with van der Waals surface area (Å²) in [5.41, 5.74) is 5.83. The number of azo groups is 1. The maximum Gasteiger partial charge on any atom is 0.211 e. The van der Waals surface area contributed by atoms with Gasteiger partial charge in [0.1, 0.15) is 0 Å². The molecule has 0 atom stereocenters. The van der Waals surface area contributed by atoms with Crippen molar-refractivity contribution in [3.63, 3.8) is 0 Å². The summed E-state index contributed by atoms with van der Waals surface area (Å²) in [7, 11) is 0. The number of halogens is 1. The topological polar surface area (TPSA) is 86.8 Å². The highest BCUT2D eigenvalue weighted by molar-refractivity contribution is 7.80. The van der Waals surface area contributed by atoms with E-state index in [4.69, 9.17) is 17.3 Å². The van der Waals surface area contributed by atoms with Crippen molar-refractivity contribution in [1.29, 1.82) is 0 Å². The Hall–Kier alpha value is -1.66. The van der Waals surface area contributed by atoms with Crippen molar-refractivity contribution in [2.24, 2.45) is 16.0 Å². The number of nitrogens with one attached hydrogen (secondary N) is 1. The fourth-order valence-electron chi connectivity index (χ4n) is 1.31. The van der Waals surface area contributed by atoms with E-state index >= 15 is 0 Å². The van der Waals surface area contributed by atoms with Crippen molar-refractivity contribution < 1.29 is 5.11 Å². The molecule has 4 N–H and O–H groups in total. The second-order valence-corrected chi connectivity index (χ2v) is 3.91. The highest BCUT2D eigenvalue weighted by atomic mass is 35.5. The molecular weight excluding hydrogens is 248 g/mol. The van der Waals surface area contributed by atoms with Crippen LogP contribution < -0.4 is 5.73 Å². The summed E-state index contributed by atoms with van der Waals surface area (Å²) in [4.78, 5) is 2.85. The fraction of sp³-hybridized carbons (Fsp3) is 0. The van der Waals surface area contributed by atoms with Gasteiger partial charge in [-0.2, -0.15) is 0 Å². The quantitative estimate of drug-likeness (QED) is 0.540. The molecule has 2 aromatic rings. The number of aromatic hydroxyl groups is 1. The van der Waals surface area contributed by atoms with Gasteiger partial charge in [0.15, 0.2) is 11.6 Å². The fourth-order valence-corrected chi connectivity index (χ4v) is 1.53. The van der Waals surface area contributed by atoms with Crippen molar-refractivity contribution in [2.45, 2.75) is 0 Å². The zero-order valence-corrected chi connectivity index (χ0v) is 9.51. The first-order chi connectivity index (χ1) is 7.58. The Morgan fingerprint density at radius 3 is 2.94 bits per heavy atom. The van der Waals surface area contributed by atoms with E-state index in [-0.39, 0.29) is 16.7 Å². The molecule has 0 saturated heterocycles. The lowest BCUT2D eigenvalue weighted by atomic mass is 10.2. The van der Waals surface area contributed by atoms with Crippen LogP contribution in [0, 0.1) is 0 Å². The number of nitrogens with zero attached hydrogens (tertiary/aromatic N) is 2. The SMILES string of the molecule is NC(=S)/N=N/c1[nH]c2cc(Cl)ccc2c1O. The van der Waals surface area contributed by atoms with Gasteiger partial charge in [0.2, 0.25) is 5.11 Å². The summed E-state index contributed by atoms with van der Waals surface area (Å²) in [5, 5.41) is 18.0. The molecule has 0 aliphatic carbocycles. The van der Waals surface area contributed by atoms with Gasteiger partial charge in [-0.05, 0) is 30.4 Å². The molecule has 0 bridgehead atoms. The minimum Gasteiger partial charge on any atom is -0.504 e. The molecule has 16 heavy (non-hydrogen) atoms. The molecule has 0 unspecified atom stereocenters. The second kappa shape index (κ2) is 4.07. The minimum absolute atomic E-state index is 0.00772. The average molecular weight is 255 g/mol. The number of rotatable bonds is 1. The van der Waals surface area contributed by atoms with Crippen LogP contribution in [0.15, 0.2) is 28.4 Å². The van der Waals surface area contributed by atoms with Crippen molar-refractivity contribution in [1.82, 2.24) is 4.98 Å². The molecular formula is C9H7ClN4OS. The Balaban J connectivity index is 2.55. The largest absolute Gasteiger partial charge is 0.504 e. The van der Waals surface area contributed by atoms with Crippen LogP contribution in [0.25, 0.3) is 10.9 Å². The third-order valence-electron chi connectivity index (χ3n) is 1.96. The molecule has 1 aromatic heterocycles. The predicted octanol–water partition coefficient (Wildman–Crippen LogP) is 2.85. The number of hydrogen-bond donors (Lipinski definition) is 3. The molecule has 2 rings (SSSR count). The van der Waals surface area contributed by atoms with Crippen molar-refractivity contribution in [3.05, 3.63) is 23.2 Å². The van der Waals surface area contributed by atoms with Crippen LogP contribution in [0.3, 0.4) is 0 Å². The molecule has 82 valence electrons. The Morgan fingerprint density at radius 2 is 2.25 bits per heavy atom. The van der Waals surface area contributed by atoms with E-state index < -0.39 is 0 Å². The normalized spacial score (nSPS) is 11.3. The number of aromatic nitrogens is 1. The molecule has 0 aliphatic rings. The number of nitrogens with two attached hydrogens (primary N) is 1. The summed E-state index contributed by atoms with van der Waals surface area (Å²) >= 11 is 10.4. The molecule has 1 heterocycles. The number of H-pyrrole nitrogens is 1. The van der Waals surface area contributed by atoms with Crippen molar-refractivity contribution in [2.75, 3.05) is 0 Å². The van der Waals surface area contributed by atoms with Crippen molar-refractivity contribution >= 4 is 45.7 Å². The highest BCUT2D eigenvalue weighted by Gasteiger charge is 2.09. The van der Waals surface area contributed by atoms with Crippen LogP contribution in [-0.4, -0.2) is 15.2 Å². The number of hydrogen-bond acceptors (Lipinski definition) is 3. The van der Waals surface area contributed by atoms with E-state index in [1.165, 1.54) is 0 Å². The highest BCUT2D eigenvalue weighted by Crippen LogP contribution is 2.35. The van der Waals surface area contributed by atoms with Gasteiger partial charge < -0.3 is 15.8 Å². The Labute approximate surface area is 101 Å². The van der Waals surface area contributed by atoms with Crippen LogP contribution in [-0.2, 0) is 0 Å². The number of thiocarbonyl (C=S) groups is 1. The molecule has 0 amide bonds. The van der Waals surface area contributed by atoms with Gasteiger partial charge in [-0.1, -0.05) is 11.6 Å². The Bertz CT molecular complexity index is 592. The van der Waals surface area contributed by atoms with Gasteiger partial charge in [0.05, 0.1) is 5.52 Å². The van der Waals surface area contributed by atoms with Crippen LogP contribution >= 0.6 is 23.8 Å². The summed E-state index contributed by atoms with van der Waals surface area (Å²) < 4.78 is 0. The lowest BCUT2D eigenvalue weighted by molar-refractivity contribution is 0.482. The monoisotopic (exact) mass is 254 g/mol. The average Bonchev–Trinajstić information content (AvgIpc) is 2.52. The lowest BCUT2D eigenvalue weighted by Gasteiger charge is -1.90. The molecule has 5 nitrogen and oxygen atoms in total. The third-order valence-corrected chi connectivity index (χ3v) is 2.28. The molecule has 0 radical (unpaired) electrons. The van der Waals surface area contributed by atoms with Gasteiger partial charge in [-0.15, -0.1) is 10.2 Å². The molecule has 0 spiro atoms. The van der Waals surface area contributed by atoms with Gasteiger partial charge in [0.25, 0.3) is 0 Å². The second-order valence-electron chi connectivity index (χ2n) is 3.05. The van der Waals surface area contributed by atoms with Gasteiger partial charge >= 0.3 is 0 Å². The zero-order valence-electron chi connectivity index (χ0n) is 7.94. The number of aromatic amines is 1. The summed E-state index contributed by atoms with van der Waals surface area (Å²) in [6.45, 7) is 0.